The van der Waals surface area contributed by atoms with Crippen molar-refractivity contribution in [1.29, 1.82) is 5.26 Å². The molecule has 9 nitrogen and oxygen atoms in total. The maximum Gasteiger partial charge on any atom is 0.163 e. The summed E-state index contributed by atoms with van der Waals surface area (Å²) in [6, 6.07) is 15.7. The van der Waals surface area contributed by atoms with E-state index in [2.05, 4.69) is 44.8 Å². The van der Waals surface area contributed by atoms with Crippen molar-refractivity contribution in [2.24, 2.45) is 0 Å². The Hall–Kier alpha value is -4.58. The van der Waals surface area contributed by atoms with Gasteiger partial charge in [0.15, 0.2) is 17.3 Å². The molecule has 0 aliphatic heterocycles. The Balaban J connectivity index is 1.53. The SMILES string of the molecule is CCc1ccc(-c2cnn3cc(Nc4ccc(C)nn4)ccc23)nc1-n1nc(C#N)cc1C. The maximum absolute atomic E-state index is 9.23. The quantitative estimate of drug-likeness (QED) is 0.441. The first-order valence-electron chi connectivity index (χ1n) is 10.6. The van der Waals surface area contributed by atoms with Gasteiger partial charge in [0.25, 0.3) is 0 Å². The van der Waals surface area contributed by atoms with Gasteiger partial charge in [-0.05, 0) is 62.2 Å². The Morgan fingerprint density at radius 3 is 2.67 bits per heavy atom. The molecule has 9 heteroatoms. The lowest BCUT2D eigenvalue weighted by Gasteiger charge is -2.11. The summed E-state index contributed by atoms with van der Waals surface area (Å²) >= 11 is 0. The number of aromatic nitrogens is 7. The Morgan fingerprint density at radius 2 is 1.94 bits per heavy atom. The minimum absolute atomic E-state index is 0.371. The molecule has 0 saturated heterocycles. The number of hydrogen-bond acceptors (Lipinski definition) is 7. The minimum atomic E-state index is 0.371. The standard InChI is InChI=1S/C24H21N9/c1-4-17-6-8-21(28-24(17)33-16(3)11-19(12-25)31-33)20-13-26-32-14-18(7-9-22(20)32)27-23-10-5-15(2)29-30-23/h5-11,13-14H,4H2,1-3H3,(H,27,30). The molecule has 5 aromatic heterocycles. The second-order valence-electron chi connectivity index (χ2n) is 7.72. The van der Waals surface area contributed by atoms with Crippen LogP contribution >= 0.6 is 0 Å². The highest BCUT2D eigenvalue weighted by molar-refractivity contribution is 5.79. The van der Waals surface area contributed by atoms with E-state index in [-0.39, 0.29) is 0 Å². The summed E-state index contributed by atoms with van der Waals surface area (Å²) in [6.45, 7) is 5.90. The van der Waals surface area contributed by atoms with Crippen molar-refractivity contribution in [2.75, 3.05) is 5.32 Å². The lowest BCUT2D eigenvalue weighted by Crippen LogP contribution is -2.07. The number of hydrogen-bond donors (Lipinski definition) is 1. The van der Waals surface area contributed by atoms with Gasteiger partial charge in [-0.1, -0.05) is 13.0 Å². The highest BCUT2D eigenvalue weighted by atomic mass is 15.3. The van der Waals surface area contributed by atoms with Gasteiger partial charge in [0.1, 0.15) is 6.07 Å². The smallest absolute Gasteiger partial charge is 0.163 e. The summed E-state index contributed by atoms with van der Waals surface area (Å²) in [5.74, 6) is 1.39. The maximum atomic E-state index is 9.23. The first kappa shape index (κ1) is 20.3. The molecule has 0 radical (unpaired) electrons. The van der Waals surface area contributed by atoms with Crippen molar-refractivity contribution >= 4 is 17.0 Å². The van der Waals surface area contributed by atoms with E-state index in [0.717, 1.165) is 51.7 Å². The van der Waals surface area contributed by atoms with Crippen molar-refractivity contribution in [3.8, 4) is 23.1 Å². The van der Waals surface area contributed by atoms with Crippen LogP contribution in [0.4, 0.5) is 11.5 Å². The molecule has 5 heterocycles. The Kier molecular flexibility index (Phi) is 5.03. The Bertz CT molecular complexity index is 1500. The molecule has 1 N–H and O–H groups in total. The lowest BCUT2D eigenvalue weighted by molar-refractivity contribution is 0.798. The second kappa shape index (κ2) is 8.16. The molecule has 0 spiro atoms. The van der Waals surface area contributed by atoms with Crippen molar-refractivity contribution in [3.63, 3.8) is 0 Å². The van der Waals surface area contributed by atoms with Crippen LogP contribution in [-0.2, 0) is 6.42 Å². The fourth-order valence-electron chi connectivity index (χ4n) is 3.70. The predicted molar refractivity (Wildman–Crippen MR) is 124 cm³/mol. The molecular formula is C24H21N9. The molecule has 0 aliphatic rings. The number of aryl methyl sites for hydroxylation is 3. The van der Waals surface area contributed by atoms with Gasteiger partial charge in [-0.2, -0.15) is 20.6 Å². The van der Waals surface area contributed by atoms with Crippen LogP contribution in [0, 0.1) is 25.2 Å². The van der Waals surface area contributed by atoms with E-state index in [9.17, 15) is 5.26 Å². The van der Waals surface area contributed by atoms with Gasteiger partial charge in [0.2, 0.25) is 0 Å². The fourth-order valence-corrected chi connectivity index (χ4v) is 3.70. The van der Waals surface area contributed by atoms with E-state index in [1.54, 1.807) is 21.5 Å². The summed E-state index contributed by atoms with van der Waals surface area (Å²) < 4.78 is 3.54. The van der Waals surface area contributed by atoms with Crippen LogP contribution < -0.4 is 5.32 Å². The molecule has 0 fully saturated rings. The largest absolute Gasteiger partial charge is 0.337 e. The number of anilines is 2. The molecule has 5 aromatic rings. The van der Waals surface area contributed by atoms with E-state index in [1.165, 1.54) is 0 Å². The lowest BCUT2D eigenvalue weighted by atomic mass is 10.1. The van der Waals surface area contributed by atoms with Gasteiger partial charge in [-0.15, -0.1) is 5.10 Å². The first-order valence-corrected chi connectivity index (χ1v) is 10.6. The summed E-state index contributed by atoms with van der Waals surface area (Å²) in [6.07, 6.45) is 4.51. The van der Waals surface area contributed by atoms with Gasteiger partial charge in [-0.25, -0.2) is 14.2 Å². The van der Waals surface area contributed by atoms with Gasteiger partial charge in [0.05, 0.1) is 35.0 Å². The molecule has 0 bridgehead atoms. The highest BCUT2D eigenvalue weighted by Crippen LogP contribution is 2.27. The average molecular weight is 435 g/mol. The third-order valence-corrected chi connectivity index (χ3v) is 5.40. The second-order valence-corrected chi connectivity index (χ2v) is 7.72. The molecule has 5 rings (SSSR count). The summed E-state index contributed by atoms with van der Waals surface area (Å²) in [5.41, 5.74) is 6.62. The van der Waals surface area contributed by atoms with Crippen LogP contribution in [0.3, 0.4) is 0 Å². The number of nitrogens with one attached hydrogen (secondary N) is 1. The zero-order valence-electron chi connectivity index (χ0n) is 18.5. The fraction of sp³-hybridized carbons (Fsp3) is 0.167. The molecule has 0 atom stereocenters. The van der Waals surface area contributed by atoms with Crippen molar-refractivity contribution in [2.45, 2.75) is 27.2 Å². The number of rotatable bonds is 5. The zero-order chi connectivity index (χ0) is 22.9. The number of nitrogens with zero attached hydrogens (tertiary/aromatic N) is 8. The predicted octanol–water partition coefficient (Wildman–Crippen LogP) is 4.17. The Morgan fingerprint density at radius 1 is 1.06 bits per heavy atom. The molecule has 0 unspecified atom stereocenters. The highest BCUT2D eigenvalue weighted by Gasteiger charge is 2.15. The summed E-state index contributed by atoms with van der Waals surface area (Å²) in [5, 5.41) is 29.6. The van der Waals surface area contributed by atoms with Gasteiger partial charge >= 0.3 is 0 Å². The van der Waals surface area contributed by atoms with Crippen LogP contribution in [0.1, 0.15) is 29.6 Å². The van der Waals surface area contributed by atoms with E-state index in [4.69, 9.17) is 4.98 Å². The first-order chi connectivity index (χ1) is 16.1. The normalized spacial score (nSPS) is 11.0. The van der Waals surface area contributed by atoms with Crippen LogP contribution in [-0.4, -0.2) is 34.6 Å². The number of pyridine rings is 2. The van der Waals surface area contributed by atoms with E-state index in [1.807, 2.05) is 50.4 Å². The van der Waals surface area contributed by atoms with Gasteiger partial charge in [0, 0.05) is 11.3 Å². The van der Waals surface area contributed by atoms with E-state index < -0.39 is 0 Å². The topological polar surface area (TPSA) is 110 Å². The summed E-state index contributed by atoms with van der Waals surface area (Å²) in [4.78, 5) is 4.92. The van der Waals surface area contributed by atoms with E-state index >= 15 is 0 Å². The van der Waals surface area contributed by atoms with Crippen LogP contribution in [0.5, 0.6) is 0 Å². The van der Waals surface area contributed by atoms with Gasteiger partial charge in [-0.3, -0.25) is 0 Å². The van der Waals surface area contributed by atoms with Gasteiger partial charge < -0.3 is 5.32 Å². The molecule has 33 heavy (non-hydrogen) atoms. The third-order valence-electron chi connectivity index (χ3n) is 5.40. The molecule has 0 amide bonds. The molecule has 0 saturated carbocycles. The minimum Gasteiger partial charge on any atom is -0.337 e. The third kappa shape index (κ3) is 3.78. The number of fused-ring (bicyclic) bond motifs is 1. The zero-order valence-corrected chi connectivity index (χ0v) is 18.5. The van der Waals surface area contributed by atoms with Crippen molar-refractivity contribution < 1.29 is 0 Å². The van der Waals surface area contributed by atoms with Crippen molar-refractivity contribution in [3.05, 3.63) is 77.5 Å². The van der Waals surface area contributed by atoms with Crippen molar-refractivity contribution in [1.82, 2.24) is 34.6 Å². The van der Waals surface area contributed by atoms with Crippen LogP contribution in [0.15, 0.2) is 54.9 Å². The molecule has 162 valence electrons. The molecular weight excluding hydrogens is 414 g/mol. The number of nitriles is 1. The van der Waals surface area contributed by atoms with E-state index in [0.29, 0.717) is 11.5 Å². The summed E-state index contributed by atoms with van der Waals surface area (Å²) in [7, 11) is 0. The monoisotopic (exact) mass is 435 g/mol. The van der Waals surface area contributed by atoms with Crippen LogP contribution in [0.25, 0.3) is 22.6 Å². The molecule has 0 aromatic carbocycles. The Labute approximate surface area is 190 Å². The molecule has 0 aliphatic carbocycles. The van der Waals surface area contributed by atoms with Crippen LogP contribution in [0.2, 0.25) is 0 Å². The average Bonchev–Trinajstić information content (AvgIpc) is 3.43.